The number of fused-ring (bicyclic) bond motifs is 1. The molecule has 1 fully saturated rings. The highest BCUT2D eigenvalue weighted by Crippen LogP contribution is 2.26. The molecule has 3 aromatic carbocycles. The monoisotopic (exact) mass is 507 g/mol. The molecule has 0 aromatic heterocycles. The van der Waals surface area contributed by atoms with Crippen molar-refractivity contribution in [3.05, 3.63) is 90.5 Å². The van der Waals surface area contributed by atoms with Crippen LogP contribution < -0.4 is 10.6 Å². The first-order valence-corrected chi connectivity index (χ1v) is 13.2. The van der Waals surface area contributed by atoms with Gasteiger partial charge in [-0.1, -0.05) is 49.0 Å². The maximum atomic E-state index is 13.2. The Morgan fingerprint density at radius 3 is 2.47 bits per heavy atom. The van der Waals surface area contributed by atoms with E-state index < -0.39 is 28.0 Å². The maximum Gasteiger partial charge on any atom is 0.251 e. The van der Waals surface area contributed by atoms with Gasteiger partial charge in [-0.25, -0.2) is 8.42 Å². The number of rotatable bonds is 9. The van der Waals surface area contributed by atoms with E-state index in [1.807, 2.05) is 18.2 Å². The van der Waals surface area contributed by atoms with Crippen molar-refractivity contribution in [1.29, 1.82) is 0 Å². The average molecular weight is 508 g/mol. The molecule has 4 rings (SSSR count). The zero-order valence-electron chi connectivity index (χ0n) is 19.8. The van der Waals surface area contributed by atoms with Crippen molar-refractivity contribution < 1.29 is 23.1 Å². The molecule has 1 saturated heterocycles. The van der Waals surface area contributed by atoms with Gasteiger partial charge in [-0.2, -0.15) is 4.31 Å². The van der Waals surface area contributed by atoms with E-state index in [0.29, 0.717) is 24.9 Å². The Kier molecular flexibility index (Phi) is 7.83. The Labute approximate surface area is 210 Å². The highest BCUT2D eigenvalue weighted by molar-refractivity contribution is 7.89. The molecule has 9 heteroatoms. The second kappa shape index (κ2) is 11.0. The van der Waals surface area contributed by atoms with E-state index in [0.717, 1.165) is 22.4 Å². The molecule has 1 aliphatic rings. The fourth-order valence-corrected chi connectivity index (χ4v) is 6.11. The standard InChI is InChI=1S/C27H29N3O5S/c1-2-26(32)29-23-16-24(18-31)30(17-23)36(34,35)25-11-9-21(10-12-25)27(33)28-14-13-19-7-8-20-5-3-4-6-22(20)15-19/h2-12,15,23-24,31H,1,13-14,16-18H2,(H,28,33)(H,29,32). The molecule has 0 aliphatic carbocycles. The maximum absolute atomic E-state index is 13.2. The zero-order valence-corrected chi connectivity index (χ0v) is 20.6. The third-order valence-electron chi connectivity index (χ3n) is 6.34. The lowest BCUT2D eigenvalue weighted by Gasteiger charge is -2.22. The van der Waals surface area contributed by atoms with Crippen molar-refractivity contribution in [2.75, 3.05) is 19.7 Å². The van der Waals surface area contributed by atoms with Crippen molar-refractivity contribution in [3.63, 3.8) is 0 Å². The molecule has 0 spiro atoms. The van der Waals surface area contributed by atoms with Crippen molar-refractivity contribution in [2.45, 2.75) is 29.8 Å². The van der Waals surface area contributed by atoms with Gasteiger partial charge in [0.2, 0.25) is 15.9 Å². The van der Waals surface area contributed by atoms with Crippen molar-refractivity contribution in [3.8, 4) is 0 Å². The zero-order chi connectivity index (χ0) is 25.7. The minimum absolute atomic E-state index is 0.0179. The van der Waals surface area contributed by atoms with E-state index in [-0.39, 0.29) is 24.0 Å². The van der Waals surface area contributed by atoms with Gasteiger partial charge in [-0.05, 0) is 59.5 Å². The normalized spacial score (nSPS) is 18.1. The Balaban J connectivity index is 1.37. The van der Waals surface area contributed by atoms with Crippen molar-refractivity contribution in [2.24, 2.45) is 0 Å². The van der Waals surface area contributed by atoms with Gasteiger partial charge in [0, 0.05) is 24.7 Å². The molecule has 2 atom stereocenters. The summed E-state index contributed by atoms with van der Waals surface area (Å²) in [7, 11) is -3.92. The van der Waals surface area contributed by atoms with Crippen LogP contribution in [0.4, 0.5) is 0 Å². The lowest BCUT2D eigenvalue weighted by atomic mass is 10.1. The summed E-state index contributed by atoms with van der Waals surface area (Å²) in [6.07, 6.45) is 2.09. The predicted molar refractivity (Wildman–Crippen MR) is 138 cm³/mol. The van der Waals surface area contributed by atoms with Crippen LogP contribution in [0.3, 0.4) is 0 Å². The minimum Gasteiger partial charge on any atom is -0.395 e. The van der Waals surface area contributed by atoms with Gasteiger partial charge in [0.1, 0.15) is 0 Å². The van der Waals surface area contributed by atoms with Gasteiger partial charge in [0.15, 0.2) is 0 Å². The first-order chi connectivity index (χ1) is 17.3. The van der Waals surface area contributed by atoms with Crippen LogP contribution in [0.2, 0.25) is 0 Å². The van der Waals surface area contributed by atoms with Crippen LogP contribution in [0, 0.1) is 0 Å². The van der Waals surface area contributed by atoms with Crippen LogP contribution in [0.1, 0.15) is 22.3 Å². The van der Waals surface area contributed by atoms with Crippen LogP contribution >= 0.6 is 0 Å². The predicted octanol–water partition coefficient (Wildman–Crippen LogP) is 2.24. The molecule has 36 heavy (non-hydrogen) atoms. The highest BCUT2D eigenvalue weighted by atomic mass is 32.2. The van der Waals surface area contributed by atoms with Gasteiger partial charge in [0.05, 0.1) is 17.5 Å². The molecule has 0 radical (unpaired) electrons. The van der Waals surface area contributed by atoms with Crippen LogP contribution in [-0.2, 0) is 21.2 Å². The third kappa shape index (κ3) is 5.64. The van der Waals surface area contributed by atoms with Crippen LogP contribution in [0.5, 0.6) is 0 Å². The largest absolute Gasteiger partial charge is 0.395 e. The molecule has 1 heterocycles. The summed E-state index contributed by atoms with van der Waals surface area (Å²) in [6, 6.07) is 18.9. The third-order valence-corrected chi connectivity index (χ3v) is 8.28. The number of carbonyl (C=O) groups is 2. The number of sulfonamides is 1. The summed E-state index contributed by atoms with van der Waals surface area (Å²) >= 11 is 0. The molecule has 0 saturated carbocycles. The molecule has 3 N–H and O–H groups in total. The molecule has 188 valence electrons. The number of aliphatic hydroxyl groups is 1. The Hall–Kier alpha value is -3.53. The van der Waals surface area contributed by atoms with E-state index in [4.69, 9.17) is 0 Å². The Bertz CT molecular complexity index is 1370. The van der Waals surface area contributed by atoms with Gasteiger partial charge in [-0.3, -0.25) is 9.59 Å². The smallest absolute Gasteiger partial charge is 0.251 e. The summed E-state index contributed by atoms with van der Waals surface area (Å²) in [5.74, 6) is -0.687. The highest BCUT2D eigenvalue weighted by Gasteiger charge is 2.40. The molecule has 2 amide bonds. The number of amides is 2. The lowest BCUT2D eigenvalue weighted by Crippen LogP contribution is -2.39. The van der Waals surface area contributed by atoms with Gasteiger partial charge in [0.25, 0.3) is 5.91 Å². The van der Waals surface area contributed by atoms with E-state index in [9.17, 15) is 23.1 Å². The number of hydrogen-bond acceptors (Lipinski definition) is 5. The van der Waals surface area contributed by atoms with E-state index in [2.05, 4.69) is 41.5 Å². The molecule has 0 bridgehead atoms. The number of benzene rings is 3. The fourth-order valence-electron chi connectivity index (χ4n) is 4.44. The minimum atomic E-state index is -3.92. The van der Waals surface area contributed by atoms with E-state index in [1.165, 1.54) is 28.6 Å². The second-order valence-electron chi connectivity index (χ2n) is 8.77. The summed E-state index contributed by atoms with van der Waals surface area (Å²) in [4.78, 5) is 24.2. The SMILES string of the molecule is C=CC(=O)NC1CC(CO)N(S(=O)(=O)c2ccc(C(=O)NCCc3ccc4ccccc4c3)cc2)C1. The molecule has 3 aromatic rings. The summed E-state index contributed by atoms with van der Waals surface area (Å²) < 4.78 is 27.6. The number of carbonyl (C=O) groups excluding carboxylic acids is 2. The lowest BCUT2D eigenvalue weighted by molar-refractivity contribution is -0.117. The molecule has 1 aliphatic heterocycles. The van der Waals surface area contributed by atoms with E-state index in [1.54, 1.807) is 0 Å². The second-order valence-corrected chi connectivity index (χ2v) is 10.7. The summed E-state index contributed by atoms with van der Waals surface area (Å²) in [5.41, 5.74) is 1.46. The first kappa shape index (κ1) is 25.6. The average Bonchev–Trinajstić information content (AvgIpc) is 3.32. The summed E-state index contributed by atoms with van der Waals surface area (Å²) in [5, 5.41) is 17.6. The van der Waals surface area contributed by atoms with Gasteiger partial charge < -0.3 is 15.7 Å². The molecular formula is C27H29N3O5S. The van der Waals surface area contributed by atoms with Crippen LogP contribution in [-0.4, -0.2) is 61.4 Å². The van der Waals surface area contributed by atoms with Gasteiger partial charge >= 0.3 is 0 Å². The van der Waals surface area contributed by atoms with Gasteiger partial charge in [-0.15, -0.1) is 0 Å². The molecule has 2 unspecified atom stereocenters. The Morgan fingerprint density at radius 1 is 1.06 bits per heavy atom. The number of nitrogens with zero attached hydrogens (tertiary/aromatic N) is 1. The number of nitrogens with one attached hydrogen (secondary N) is 2. The van der Waals surface area contributed by atoms with Crippen LogP contribution in [0.25, 0.3) is 10.8 Å². The quantitative estimate of drug-likeness (QED) is 0.384. The summed E-state index contributed by atoms with van der Waals surface area (Å²) in [6.45, 7) is 3.53. The fraction of sp³-hybridized carbons (Fsp3) is 0.259. The van der Waals surface area contributed by atoms with Crippen LogP contribution in [0.15, 0.2) is 84.3 Å². The topological polar surface area (TPSA) is 116 Å². The van der Waals surface area contributed by atoms with Crippen molar-refractivity contribution in [1.82, 2.24) is 14.9 Å². The van der Waals surface area contributed by atoms with Crippen molar-refractivity contribution >= 4 is 32.6 Å². The first-order valence-electron chi connectivity index (χ1n) is 11.7. The number of hydrogen-bond donors (Lipinski definition) is 3. The van der Waals surface area contributed by atoms with E-state index >= 15 is 0 Å². The molecule has 8 nitrogen and oxygen atoms in total. The Morgan fingerprint density at radius 2 is 1.78 bits per heavy atom. The number of aliphatic hydroxyl groups excluding tert-OH is 1. The molecular weight excluding hydrogens is 478 g/mol.